The molecule has 6 nitrogen and oxygen atoms in total. The van der Waals surface area contributed by atoms with Crippen LogP contribution in [0.15, 0.2) is 36.4 Å². The van der Waals surface area contributed by atoms with Crippen molar-refractivity contribution in [3.05, 3.63) is 69.2 Å². The molecular weight excluding hydrogens is 428 g/mol. The molecule has 0 radical (unpaired) electrons. The average Bonchev–Trinajstić information content (AvgIpc) is 3.10. The first-order valence-corrected chi connectivity index (χ1v) is 11.2. The van der Waals surface area contributed by atoms with Crippen molar-refractivity contribution in [1.82, 2.24) is 10.2 Å². The van der Waals surface area contributed by atoms with Crippen LogP contribution in [0.3, 0.4) is 0 Å². The summed E-state index contributed by atoms with van der Waals surface area (Å²) in [5.41, 5.74) is 4.28. The number of ketones is 2. The zero-order chi connectivity index (χ0) is 22.8. The maximum Gasteiger partial charge on any atom is 0.255 e. The molecule has 166 valence electrons. The summed E-state index contributed by atoms with van der Waals surface area (Å²) in [4.78, 5) is 50.8. The van der Waals surface area contributed by atoms with Gasteiger partial charge in [0.15, 0.2) is 5.78 Å². The number of benzene rings is 2. The number of halogens is 1. The second-order valence-electron chi connectivity index (χ2n) is 8.47. The molecule has 2 aromatic carbocycles. The van der Waals surface area contributed by atoms with Gasteiger partial charge in [0.05, 0.1) is 12.5 Å². The van der Waals surface area contributed by atoms with Crippen LogP contribution >= 0.6 is 11.6 Å². The second-order valence-corrected chi connectivity index (χ2v) is 8.88. The molecular formula is C25H25ClN2O4. The van der Waals surface area contributed by atoms with Gasteiger partial charge in [0, 0.05) is 36.5 Å². The fourth-order valence-electron chi connectivity index (χ4n) is 4.36. The lowest BCUT2D eigenvalue weighted by Gasteiger charge is -2.29. The number of rotatable bonds is 6. The maximum absolute atomic E-state index is 12.9. The van der Waals surface area contributed by atoms with Gasteiger partial charge in [-0.3, -0.25) is 19.2 Å². The number of nitrogens with one attached hydrogen (secondary N) is 1. The minimum absolute atomic E-state index is 0.0632. The Bertz CT molecular complexity index is 1110. The van der Waals surface area contributed by atoms with Gasteiger partial charge < -0.3 is 10.2 Å². The van der Waals surface area contributed by atoms with Crippen LogP contribution in [-0.4, -0.2) is 34.3 Å². The maximum atomic E-state index is 12.9. The highest BCUT2D eigenvalue weighted by molar-refractivity contribution is 6.31. The summed E-state index contributed by atoms with van der Waals surface area (Å²) in [6.07, 6.45) is 1.54. The van der Waals surface area contributed by atoms with Crippen LogP contribution in [0.1, 0.15) is 58.3 Å². The molecule has 7 heteroatoms. The van der Waals surface area contributed by atoms with Gasteiger partial charge in [0.2, 0.25) is 5.91 Å². The van der Waals surface area contributed by atoms with Gasteiger partial charge in [0.1, 0.15) is 5.78 Å². The lowest BCUT2D eigenvalue weighted by Crippen LogP contribution is -2.44. The highest BCUT2D eigenvalue weighted by Gasteiger charge is 2.39. The van der Waals surface area contributed by atoms with E-state index in [1.54, 1.807) is 17.0 Å². The van der Waals surface area contributed by atoms with E-state index in [-0.39, 0.29) is 29.8 Å². The van der Waals surface area contributed by atoms with E-state index in [2.05, 4.69) is 5.32 Å². The monoisotopic (exact) mass is 452 g/mol. The van der Waals surface area contributed by atoms with E-state index in [0.29, 0.717) is 49.4 Å². The Kier molecular flexibility index (Phi) is 6.42. The molecule has 0 spiro atoms. The minimum atomic E-state index is -0.545. The van der Waals surface area contributed by atoms with Gasteiger partial charge in [-0.15, -0.1) is 0 Å². The number of nitrogens with zero attached hydrogens (tertiary/aromatic N) is 1. The zero-order valence-corrected chi connectivity index (χ0v) is 18.7. The minimum Gasteiger partial charge on any atom is -0.352 e. The van der Waals surface area contributed by atoms with Crippen LogP contribution in [0.2, 0.25) is 5.02 Å². The van der Waals surface area contributed by atoms with Crippen LogP contribution in [0.5, 0.6) is 0 Å². The van der Waals surface area contributed by atoms with Crippen molar-refractivity contribution in [2.24, 2.45) is 0 Å². The lowest BCUT2D eigenvalue weighted by atomic mass is 9.92. The molecule has 2 aliphatic rings. The van der Waals surface area contributed by atoms with Gasteiger partial charge in [-0.1, -0.05) is 35.9 Å². The smallest absolute Gasteiger partial charge is 0.255 e. The first-order chi connectivity index (χ1) is 15.3. The second kappa shape index (κ2) is 9.25. The normalized spacial score (nSPS) is 18.1. The number of fused-ring (bicyclic) bond motifs is 1. The molecule has 2 aromatic rings. The first-order valence-electron chi connectivity index (χ1n) is 10.8. The molecule has 1 heterocycles. The number of hydrogen-bond donors (Lipinski definition) is 1. The molecule has 0 aromatic heterocycles. The van der Waals surface area contributed by atoms with Crippen LogP contribution in [-0.2, 0) is 33.9 Å². The fourth-order valence-corrected chi connectivity index (χ4v) is 4.56. The number of hydrogen-bond acceptors (Lipinski definition) is 4. The van der Waals surface area contributed by atoms with Crippen LogP contribution in [0.25, 0.3) is 0 Å². The number of Topliss-reactive ketones (excluding diaryl/α,β-unsaturated/α-hetero) is 2. The number of amides is 2. The zero-order valence-electron chi connectivity index (χ0n) is 17.9. The third kappa shape index (κ3) is 4.60. The number of carbonyl (C=O) groups excluding carboxylic acids is 4. The van der Waals surface area contributed by atoms with Gasteiger partial charge in [0.25, 0.3) is 5.91 Å². The standard InChI is InChI=1S/C25H25ClN2O4/c1-15-5-6-16(11-21(15)26)7-10-24(31)27-13-17-3-2-4-19-20(17)14-28(25(19)32)22-9-8-18(29)12-23(22)30/h2-6,11,22H,7-10,12-14H2,1H3,(H,27,31). The average molecular weight is 453 g/mol. The Morgan fingerprint density at radius 3 is 2.75 bits per heavy atom. The van der Waals surface area contributed by atoms with E-state index in [1.165, 1.54) is 0 Å². The molecule has 1 aliphatic carbocycles. The van der Waals surface area contributed by atoms with Crippen LogP contribution < -0.4 is 5.32 Å². The molecule has 1 unspecified atom stereocenters. The quantitative estimate of drug-likeness (QED) is 0.679. The highest BCUT2D eigenvalue weighted by Crippen LogP contribution is 2.31. The molecule has 32 heavy (non-hydrogen) atoms. The summed E-state index contributed by atoms with van der Waals surface area (Å²) in [5, 5.41) is 3.63. The van der Waals surface area contributed by atoms with E-state index in [4.69, 9.17) is 11.6 Å². The van der Waals surface area contributed by atoms with E-state index in [1.807, 2.05) is 31.2 Å². The third-order valence-corrected chi connectivity index (χ3v) is 6.67. The van der Waals surface area contributed by atoms with Crippen molar-refractivity contribution in [3.8, 4) is 0 Å². The Labute approximate surface area is 191 Å². The van der Waals surface area contributed by atoms with E-state index in [9.17, 15) is 19.2 Å². The fraction of sp³-hybridized carbons (Fsp3) is 0.360. The van der Waals surface area contributed by atoms with Gasteiger partial charge in [-0.05, 0) is 54.2 Å². The summed E-state index contributed by atoms with van der Waals surface area (Å²) in [6.45, 7) is 2.58. The summed E-state index contributed by atoms with van der Waals surface area (Å²) in [6, 6.07) is 10.7. The molecule has 1 saturated carbocycles. The van der Waals surface area contributed by atoms with Crippen molar-refractivity contribution in [3.63, 3.8) is 0 Å². The first kappa shape index (κ1) is 22.2. The predicted octanol–water partition coefficient (Wildman–Crippen LogP) is 3.54. The molecule has 4 rings (SSSR count). The molecule has 0 bridgehead atoms. The molecule has 2 amide bonds. The molecule has 0 saturated heterocycles. The van der Waals surface area contributed by atoms with Crippen molar-refractivity contribution in [1.29, 1.82) is 0 Å². The highest BCUT2D eigenvalue weighted by atomic mass is 35.5. The number of carbonyl (C=O) groups is 4. The Hall–Kier alpha value is -2.99. The molecule has 1 N–H and O–H groups in total. The lowest BCUT2D eigenvalue weighted by molar-refractivity contribution is -0.133. The summed E-state index contributed by atoms with van der Waals surface area (Å²) >= 11 is 6.15. The Morgan fingerprint density at radius 1 is 1.19 bits per heavy atom. The molecule has 1 atom stereocenters. The molecule has 1 aliphatic heterocycles. The van der Waals surface area contributed by atoms with E-state index in [0.717, 1.165) is 22.3 Å². The van der Waals surface area contributed by atoms with Gasteiger partial charge in [-0.25, -0.2) is 0 Å². The Balaban J connectivity index is 1.38. The largest absolute Gasteiger partial charge is 0.352 e. The third-order valence-electron chi connectivity index (χ3n) is 6.26. The van der Waals surface area contributed by atoms with E-state index >= 15 is 0 Å². The van der Waals surface area contributed by atoms with E-state index < -0.39 is 6.04 Å². The summed E-state index contributed by atoms with van der Waals surface area (Å²) in [7, 11) is 0. The van der Waals surface area contributed by atoms with Gasteiger partial charge >= 0.3 is 0 Å². The molecule has 1 fully saturated rings. The van der Waals surface area contributed by atoms with Crippen molar-refractivity contribution in [2.45, 2.75) is 58.2 Å². The van der Waals surface area contributed by atoms with Crippen molar-refractivity contribution < 1.29 is 19.2 Å². The van der Waals surface area contributed by atoms with Crippen molar-refractivity contribution in [2.75, 3.05) is 0 Å². The topological polar surface area (TPSA) is 83.6 Å². The van der Waals surface area contributed by atoms with Gasteiger partial charge in [-0.2, -0.15) is 0 Å². The van der Waals surface area contributed by atoms with Crippen molar-refractivity contribution >= 4 is 35.0 Å². The number of aryl methyl sites for hydroxylation is 2. The summed E-state index contributed by atoms with van der Waals surface area (Å²) < 4.78 is 0. The predicted molar refractivity (Wildman–Crippen MR) is 120 cm³/mol. The SMILES string of the molecule is Cc1ccc(CCC(=O)NCc2cccc3c2CN(C2CCC(=O)CC2=O)C3=O)cc1Cl. The van der Waals surface area contributed by atoms with Crippen LogP contribution in [0.4, 0.5) is 0 Å². The Morgan fingerprint density at radius 2 is 2.00 bits per heavy atom. The van der Waals surface area contributed by atoms with Crippen LogP contribution in [0, 0.1) is 6.92 Å². The summed E-state index contributed by atoms with van der Waals surface area (Å²) in [5.74, 6) is -0.515.